The molecule has 3 saturated heterocycles. The van der Waals surface area contributed by atoms with Crippen molar-refractivity contribution in [2.75, 3.05) is 90.0 Å². The van der Waals surface area contributed by atoms with E-state index in [1.165, 1.54) is 43.8 Å². The fourth-order valence-electron chi connectivity index (χ4n) is 11.3. The molecule has 0 spiro atoms. The number of aromatic nitrogens is 6. The van der Waals surface area contributed by atoms with Gasteiger partial charge in [-0.25, -0.2) is 9.67 Å². The van der Waals surface area contributed by atoms with Gasteiger partial charge in [0.15, 0.2) is 24.5 Å². The molecule has 0 amide bonds. The van der Waals surface area contributed by atoms with E-state index in [1.807, 2.05) is 24.3 Å². The second kappa shape index (κ2) is 23.2. The first-order valence-corrected chi connectivity index (χ1v) is 27.3. The third kappa shape index (κ3) is 11.4. The van der Waals surface area contributed by atoms with Crippen LogP contribution in [0.3, 0.4) is 0 Å². The lowest BCUT2D eigenvalue weighted by Crippen LogP contribution is -2.60. The zero-order chi connectivity index (χ0) is 56.5. The van der Waals surface area contributed by atoms with Crippen molar-refractivity contribution in [2.24, 2.45) is 0 Å². The van der Waals surface area contributed by atoms with Crippen LogP contribution in [0.1, 0.15) is 39.6 Å². The molecule has 20 heteroatoms. The van der Waals surface area contributed by atoms with Crippen LogP contribution in [0.5, 0.6) is 5.75 Å². The van der Waals surface area contributed by atoms with Crippen molar-refractivity contribution in [3.8, 4) is 45.3 Å². The van der Waals surface area contributed by atoms with Gasteiger partial charge in [-0.1, -0.05) is 47.7 Å². The standard InChI is InChI=1S/C61H66N10O10/c1-38(72)77-37-54-57(78-39(2)73)58(79-40(3)74)59(80-41(4)75)61(81-54)70-36-45(63-64-70)35-69-52-11-9-8-10-50(52)51-34-44(16-25-53(51)69)60-62-55(42-12-17-46(18-13-42)67-30-26-65(5)27-31-67)56(71(60)48-21-23-49(76-7)24-22-48)43-14-19-47(20-15-43)68-32-28-66(6)29-33-68/h8-25,34,36,54,57-59,61H,26-33,35,37H2,1-7H3/t54-,57-,58+,59-,61-/m1/s1. The Hall–Kier alpha value is -8.59. The van der Waals surface area contributed by atoms with E-state index in [-0.39, 0.29) is 13.2 Å². The minimum Gasteiger partial charge on any atom is -0.497 e. The lowest BCUT2D eigenvalue weighted by molar-refractivity contribution is -0.270. The van der Waals surface area contributed by atoms with E-state index in [1.54, 1.807) is 13.3 Å². The molecule has 3 aliphatic rings. The lowest BCUT2D eigenvalue weighted by atomic mass is 9.97. The van der Waals surface area contributed by atoms with Gasteiger partial charge in [0.05, 0.1) is 31.2 Å². The topological polar surface area (TPSA) is 190 Å². The van der Waals surface area contributed by atoms with E-state index in [9.17, 15) is 19.2 Å². The number of fused-ring (bicyclic) bond motifs is 3. The molecule has 81 heavy (non-hydrogen) atoms. The van der Waals surface area contributed by atoms with Gasteiger partial charge < -0.3 is 52.6 Å². The zero-order valence-electron chi connectivity index (χ0n) is 46.6. The van der Waals surface area contributed by atoms with Crippen LogP contribution in [0.15, 0.2) is 121 Å². The molecule has 20 nitrogen and oxygen atoms in total. The van der Waals surface area contributed by atoms with Crippen LogP contribution in [0.25, 0.3) is 61.4 Å². The molecule has 3 aliphatic heterocycles. The lowest BCUT2D eigenvalue weighted by Gasteiger charge is -2.44. The van der Waals surface area contributed by atoms with E-state index < -0.39 is 54.5 Å². The number of likely N-dealkylation sites (N-methyl/N-ethyl adjacent to an activating group) is 2. The number of rotatable bonds is 15. The van der Waals surface area contributed by atoms with Crippen LogP contribution in [0.2, 0.25) is 0 Å². The van der Waals surface area contributed by atoms with E-state index in [0.29, 0.717) is 5.69 Å². The second-order valence-corrected chi connectivity index (χ2v) is 21.0. The Kier molecular flexibility index (Phi) is 15.6. The van der Waals surface area contributed by atoms with Gasteiger partial charge in [-0.05, 0) is 86.9 Å². The third-order valence-electron chi connectivity index (χ3n) is 15.4. The minimum absolute atomic E-state index is 0.248. The average molecular weight is 1100 g/mol. The number of hydrogen-bond acceptors (Lipinski definition) is 17. The van der Waals surface area contributed by atoms with Crippen molar-refractivity contribution in [3.05, 3.63) is 127 Å². The van der Waals surface area contributed by atoms with Crippen molar-refractivity contribution in [1.82, 2.24) is 38.9 Å². The Morgan fingerprint density at radius 2 is 1.15 bits per heavy atom. The first-order chi connectivity index (χ1) is 39.2. The monoisotopic (exact) mass is 1100 g/mol. The Labute approximate surface area is 469 Å². The number of anilines is 2. The highest BCUT2D eigenvalue weighted by atomic mass is 16.7. The molecule has 6 heterocycles. The van der Waals surface area contributed by atoms with Crippen LogP contribution in [-0.2, 0) is 49.4 Å². The molecule has 0 unspecified atom stereocenters. The summed E-state index contributed by atoms with van der Waals surface area (Å²) in [6.07, 6.45) is -4.82. The quantitative estimate of drug-likeness (QED) is 0.0729. The third-order valence-corrected chi connectivity index (χ3v) is 15.4. The Morgan fingerprint density at radius 3 is 1.75 bits per heavy atom. The number of para-hydroxylation sites is 1. The van der Waals surface area contributed by atoms with Crippen molar-refractivity contribution in [2.45, 2.75) is 64.9 Å². The van der Waals surface area contributed by atoms with Crippen LogP contribution < -0.4 is 14.5 Å². The molecular weight excluding hydrogens is 1030 g/mol. The Balaban J connectivity index is 1.00. The van der Waals surface area contributed by atoms with Gasteiger partial charge in [0.1, 0.15) is 30.0 Å². The number of imidazole rings is 1. The van der Waals surface area contributed by atoms with Crippen molar-refractivity contribution in [1.29, 1.82) is 0 Å². The molecule has 11 rings (SSSR count). The Bertz CT molecular complexity index is 3580. The molecule has 0 saturated carbocycles. The molecule has 0 radical (unpaired) electrons. The fraction of sp³-hybridized carbons (Fsp3) is 0.361. The SMILES string of the molecule is COc1ccc(-n2c(-c3ccc4c(c3)c3ccccc3n4Cc3cn([C@@H]4O[C@H](COC(C)=O)[C@@H](OC(C)=O)[C@H](OC(C)=O)[C@H]4OC(C)=O)nn3)nc(-c3ccc(N4CCN(C)CC4)cc3)c2-c2ccc(N3CCN(C)CC3)cc2)cc1. The summed E-state index contributed by atoms with van der Waals surface area (Å²) in [5, 5.41) is 11.0. The molecule has 5 atom stereocenters. The predicted octanol–water partition coefficient (Wildman–Crippen LogP) is 7.39. The number of benzene rings is 5. The minimum atomic E-state index is -1.37. The van der Waals surface area contributed by atoms with E-state index in [4.69, 9.17) is 33.4 Å². The number of piperazine rings is 2. The Morgan fingerprint density at radius 1 is 0.593 bits per heavy atom. The number of carbonyl (C=O) groups is 4. The van der Waals surface area contributed by atoms with Crippen LogP contribution in [0.4, 0.5) is 11.4 Å². The normalized spacial score (nSPS) is 19.9. The molecule has 0 aliphatic carbocycles. The summed E-state index contributed by atoms with van der Waals surface area (Å²) >= 11 is 0. The fourth-order valence-corrected chi connectivity index (χ4v) is 11.3. The largest absolute Gasteiger partial charge is 0.497 e. The van der Waals surface area contributed by atoms with Gasteiger partial charge in [-0.3, -0.25) is 23.7 Å². The summed E-state index contributed by atoms with van der Waals surface area (Å²) in [6.45, 7) is 12.5. The molecule has 5 aromatic carbocycles. The maximum Gasteiger partial charge on any atom is 0.303 e. The van der Waals surface area contributed by atoms with E-state index in [0.717, 1.165) is 120 Å². The summed E-state index contributed by atoms with van der Waals surface area (Å²) in [6, 6.07) is 40.4. The maximum absolute atomic E-state index is 12.7. The first kappa shape index (κ1) is 54.4. The number of esters is 4. The number of carbonyl (C=O) groups excluding carboxylic acids is 4. The van der Waals surface area contributed by atoms with E-state index >= 15 is 0 Å². The molecule has 0 bridgehead atoms. The number of ether oxygens (including phenoxy) is 6. The summed E-state index contributed by atoms with van der Waals surface area (Å²) < 4.78 is 40.2. The van der Waals surface area contributed by atoms with Gasteiger partial charge in [0, 0.05) is 136 Å². The molecule has 420 valence electrons. The van der Waals surface area contributed by atoms with Crippen molar-refractivity contribution < 1.29 is 47.6 Å². The van der Waals surface area contributed by atoms with Gasteiger partial charge in [-0.2, -0.15) is 0 Å². The van der Waals surface area contributed by atoms with Crippen LogP contribution in [0, 0.1) is 0 Å². The number of nitrogens with zero attached hydrogens (tertiary/aromatic N) is 10. The molecule has 3 fully saturated rings. The number of hydrogen-bond donors (Lipinski definition) is 0. The van der Waals surface area contributed by atoms with E-state index in [2.05, 4.69) is 144 Å². The summed E-state index contributed by atoms with van der Waals surface area (Å²) in [5.74, 6) is -1.31. The predicted molar refractivity (Wildman–Crippen MR) is 305 cm³/mol. The number of methoxy groups -OCH3 is 1. The van der Waals surface area contributed by atoms with Gasteiger partial charge in [-0.15, -0.1) is 5.10 Å². The smallest absolute Gasteiger partial charge is 0.303 e. The van der Waals surface area contributed by atoms with Gasteiger partial charge in [0.2, 0.25) is 0 Å². The zero-order valence-corrected chi connectivity index (χ0v) is 46.6. The highest BCUT2D eigenvalue weighted by molar-refractivity contribution is 6.09. The average Bonchev–Trinajstić information content (AvgIpc) is 4.33. The summed E-state index contributed by atoms with van der Waals surface area (Å²) in [5.41, 5.74) is 10.4. The molecule has 0 N–H and O–H groups in total. The molecule has 8 aromatic rings. The van der Waals surface area contributed by atoms with Crippen molar-refractivity contribution >= 4 is 57.1 Å². The highest BCUT2D eigenvalue weighted by Gasteiger charge is 2.53. The maximum atomic E-state index is 12.7. The van der Waals surface area contributed by atoms with Crippen molar-refractivity contribution in [3.63, 3.8) is 0 Å². The first-order valence-electron chi connectivity index (χ1n) is 27.3. The van der Waals surface area contributed by atoms with Gasteiger partial charge in [0.25, 0.3) is 0 Å². The summed E-state index contributed by atoms with van der Waals surface area (Å²) in [7, 11) is 6.01. The van der Waals surface area contributed by atoms with Gasteiger partial charge >= 0.3 is 23.9 Å². The molecular formula is C61H66N10O10. The van der Waals surface area contributed by atoms with Crippen LogP contribution >= 0.6 is 0 Å². The van der Waals surface area contributed by atoms with Crippen LogP contribution in [-0.4, -0.2) is 167 Å². The highest BCUT2D eigenvalue weighted by Crippen LogP contribution is 2.42. The molecule has 3 aromatic heterocycles. The summed E-state index contributed by atoms with van der Waals surface area (Å²) in [4.78, 5) is 64.9. The second-order valence-electron chi connectivity index (χ2n) is 21.0.